The zero-order valence-corrected chi connectivity index (χ0v) is 16.1. The number of aromatic nitrogens is 1. The molecule has 2 rings (SSSR count). The minimum Gasteiger partial charge on any atom is -0.462 e. The van der Waals surface area contributed by atoms with E-state index >= 15 is 0 Å². The zero-order chi connectivity index (χ0) is 19.4. The number of ether oxygens (including phenoxy) is 1. The quantitative estimate of drug-likeness (QED) is 0.572. The molecule has 1 atom stereocenters. The number of nitrogens with one attached hydrogen (secondary N) is 2. The maximum absolute atomic E-state index is 13.9. The summed E-state index contributed by atoms with van der Waals surface area (Å²) in [5, 5.41) is 0.331. The van der Waals surface area contributed by atoms with Crippen LogP contribution in [0.3, 0.4) is 0 Å². The lowest BCUT2D eigenvalue weighted by atomic mass is 10.0. The molecular formula is C19H23ClFN2O3+. The Balaban J connectivity index is 2.21. The molecule has 2 N–H and O–H groups in total. The Kier molecular flexibility index (Phi) is 6.56. The fourth-order valence-electron chi connectivity index (χ4n) is 3.02. The van der Waals surface area contributed by atoms with Gasteiger partial charge in [0, 0.05) is 11.4 Å². The van der Waals surface area contributed by atoms with Crippen LogP contribution in [0.4, 0.5) is 4.39 Å². The van der Waals surface area contributed by atoms with E-state index in [0.29, 0.717) is 27.5 Å². The van der Waals surface area contributed by atoms with Gasteiger partial charge < -0.3 is 14.6 Å². The number of Topliss-reactive ketones (excluding diaryl/α,β-unsaturated/α-hetero) is 1. The van der Waals surface area contributed by atoms with E-state index < -0.39 is 11.8 Å². The second kappa shape index (κ2) is 8.47. The highest BCUT2D eigenvalue weighted by Gasteiger charge is 2.27. The number of quaternary nitrogens is 1. The predicted octanol–water partition coefficient (Wildman–Crippen LogP) is 2.50. The summed E-state index contributed by atoms with van der Waals surface area (Å²) < 4.78 is 19.0. The molecule has 0 aliphatic heterocycles. The minimum atomic E-state index is -0.521. The summed E-state index contributed by atoms with van der Waals surface area (Å²) in [4.78, 5) is 28.8. The summed E-state index contributed by atoms with van der Waals surface area (Å²) >= 11 is 6.05. The summed E-state index contributed by atoms with van der Waals surface area (Å²) in [5.74, 6) is -1.13. The van der Waals surface area contributed by atoms with Crippen LogP contribution < -0.4 is 4.90 Å². The molecule has 1 aromatic heterocycles. The predicted molar refractivity (Wildman–Crippen MR) is 97.4 cm³/mol. The van der Waals surface area contributed by atoms with Gasteiger partial charge in [-0.2, -0.15) is 0 Å². The number of carbonyl (C=O) groups is 2. The fraction of sp³-hybridized carbons (Fsp3) is 0.368. The number of rotatable bonds is 7. The van der Waals surface area contributed by atoms with Crippen LogP contribution in [-0.4, -0.2) is 36.9 Å². The van der Waals surface area contributed by atoms with Gasteiger partial charge in [0.15, 0.2) is 0 Å². The van der Waals surface area contributed by atoms with Crippen molar-refractivity contribution in [3.05, 3.63) is 57.1 Å². The Hall–Kier alpha value is -2.18. The van der Waals surface area contributed by atoms with Gasteiger partial charge >= 0.3 is 5.97 Å². The lowest BCUT2D eigenvalue weighted by Crippen LogP contribution is -3.08. The van der Waals surface area contributed by atoms with Crippen molar-refractivity contribution in [3.63, 3.8) is 0 Å². The van der Waals surface area contributed by atoms with E-state index in [1.165, 1.54) is 6.07 Å². The normalized spacial score (nSPS) is 12.1. The van der Waals surface area contributed by atoms with Gasteiger partial charge in [-0.3, -0.25) is 4.79 Å². The Morgan fingerprint density at radius 3 is 2.50 bits per heavy atom. The third-order valence-electron chi connectivity index (χ3n) is 4.14. The van der Waals surface area contributed by atoms with Gasteiger partial charge in [-0.15, -0.1) is 0 Å². The van der Waals surface area contributed by atoms with Gasteiger partial charge in [-0.25, -0.2) is 9.18 Å². The van der Waals surface area contributed by atoms with Crippen molar-refractivity contribution in [1.82, 2.24) is 4.98 Å². The molecule has 7 heteroatoms. The van der Waals surface area contributed by atoms with Crippen molar-refractivity contribution in [1.29, 1.82) is 0 Å². The molecule has 0 radical (unpaired) electrons. The first-order chi connectivity index (χ1) is 12.3. The first-order valence-electron chi connectivity index (χ1n) is 8.39. The number of aryl methyl sites for hydroxylation is 2. The van der Waals surface area contributed by atoms with Gasteiger partial charge in [0.1, 0.15) is 18.9 Å². The van der Waals surface area contributed by atoms with E-state index in [9.17, 15) is 14.0 Å². The largest absolute Gasteiger partial charge is 0.462 e. The van der Waals surface area contributed by atoms with Crippen LogP contribution >= 0.6 is 11.6 Å². The molecule has 26 heavy (non-hydrogen) atoms. The first kappa shape index (κ1) is 20.1. The van der Waals surface area contributed by atoms with Gasteiger partial charge in [-0.05, 0) is 32.9 Å². The summed E-state index contributed by atoms with van der Waals surface area (Å²) in [6.45, 7) is 5.76. The maximum atomic E-state index is 13.9. The van der Waals surface area contributed by atoms with Gasteiger partial charge in [0.25, 0.3) is 0 Å². The Morgan fingerprint density at radius 2 is 1.88 bits per heavy atom. The summed E-state index contributed by atoms with van der Waals surface area (Å²) in [5.41, 5.74) is 2.18. The number of carbonyl (C=O) groups excluding carboxylic acids is 2. The van der Waals surface area contributed by atoms with Crippen LogP contribution in [0.15, 0.2) is 18.2 Å². The molecule has 1 heterocycles. The third-order valence-corrected chi connectivity index (χ3v) is 4.49. The SMILES string of the molecule is CCOC(=O)c1c(C)[nH]c(C)c1C(=O)C[NH+](C)Cc1c(F)cccc1Cl. The number of benzene rings is 1. The molecule has 0 saturated heterocycles. The van der Waals surface area contributed by atoms with Crippen LogP contribution in [0.1, 0.15) is 44.6 Å². The molecule has 140 valence electrons. The van der Waals surface area contributed by atoms with Gasteiger partial charge in [0.2, 0.25) is 5.78 Å². The van der Waals surface area contributed by atoms with Gasteiger partial charge in [-0.1, -0.05) is 17.7 Å². The van der Waals surface area contributed by atoms with Crippen molar-refractivity contribution >= 4 is 23.4 Å². The summed E-state index contributed by atoms with van der Waals surface area (Å²) in [7, 11) is 1.78. The average molecular weight is 382 g/mol. The van der Waals surface area contributed by atoms with Crippen LogP contribution in [0, 0.1) is 19.7 Å². The Labute approximate surface area is 157 Å². The van der Waals surface area contributed by atoms with Crippen molar-refractivity contribution in [3.8, 4) is 0 Å². The van der Waals surface area contributed by atoms with Crippen LogP contribution in [0.25, 0.3) is 0 Å². The summed E-state index contributed by atoms with van der Waals surface area (Å²) in [6, 6.07) is 4.50. The second-order valence-corrected chi connectivity index (χ2v) is 6.69. The number of aromatic amines is 1. The number of hydrogen-bond donors (Lipinski definition) is 2. The standard InChI is InChI=1S/C19H22ClFN2O3/c1-5-26-19(25)18-12(3)22-11(2)17(18)16(24)10-23(4)9-13-14(20)7-6-8-15(13)21/h6-8,22H,5,9-10H2,1-4H3/p+1. The third kappa shape index (κ3) is 4.31. The van der Waals surface area contributed by atoms with Crippen molar-refractivity contribution < 1.29 is 23.6 Å². The van der Waals surface area contributed by atoms with E-state index in [0.717, 1.165) is 4.90 Å². The molecule has 0 saturated carbocycles. The van der Waals surface area contributed by atoms with Crippen LogP contribution in [0.5, 0.6) is 0 Å². The van der Waals surface area contributed by atoms with Crippen LogP contribution in [0.2, 0.25) is 5.02 Å². The molecule has 0 spiro atoms. The molecule has 1 unspecified atom stereocenters. The van der Waals surface area contributed by atoms with E-state index in [-0.39, 0.29) is 31.0 Å². The second-order valence-electron chi connectivity index (χ2n) is 6.28. The average Bonchev–Trinajstić information content (AvgIpc) is 2.85. The molecule has 1 aromatic carbocycles. The molecule has 0 bridgehead atoms. The Morgan fingerprint density at radius 1 is 1.23 bits per heavy atom. The molecule has 0 aliphatic carbocycles. The van der Waals surface area contributed by atoms with Crippen molar-refractivity contribution in [2.75, 3.05) is 20.2 Å². The van der Waals surface area contributed by atoms with Crippen LogP contribution in [-0.2, 0) is 11.3 Å². The van der Waals surface area contributed by atoms with E-state index in [2.05, 4.69) is 4.98 Å². The highest BCUT2D eigenvalue weighted by molar-refractivity contribution is 6.31. The van der Waals surface area contributed by atoms with Crippen molar-refractivity contribution in [2.45, 2.75) is 27.3 Å². The number of halogens is 2. The number of H-pyrrole nitrogens is 1. The first-order valence-corrected chi connectivity index (χ1v) is 8.77. The summed E-state index contributed by atoms with van der Waals surface area (Å²) in [6.07, 6.45) is 0. The lowest BCUT2D eigenvalue weighted by Gasteiger charge is -2.15. The molecule has 0 fully saturated rings. The number of hydrogen-bond acceptors (Lipinski definition) is 3. The Bertz CT molecular complexity index is 812. The number of esters is 1. The molecule has 5 nitrogen and oxygen atoms in total. The fourth-order valence-corrected chi connectivity index (χ4v) is 3.25. The number of likely N-dealkylation sites (N-methyl/N-ethyl adjacent to an activating group) is 1. The molecule has 0 amide bonds. The maximum Gasteiger partial charge on any atom is 0.340 e. The lowest BCUT2D eigenvalue weighted by molar-refractivity contribution is -0.885. The highest BCUT2D eigenvalue weighted by Crippen LogP contribution is 2.20. The monoisotopic (exact) mass is 381 g/mol. The minimum absolute atomic E-state index is 0.0925. The smallest absolute Gasteiger partial charge is 0.340 e. The van der Waals surface area contributed by atoms with Gasteiger partial charge in [0.05, 0.1) is 35.4 Å². The zero-order valence-electron chi connectivity index (χ0n) is 15.3. The highest BCUT2D eigenvalue weighted by atomic mass is 35.5. The molecule has 2 aromatic rings. The molecular weight excluding hydrogens is 359 g/mol. The van der Waals surface area contributed by atoms with Crippen molar-refractivity contribution in [2.24, 2.45) is 0 Å². The van der Waals surface area contributed by atoms with E-state index in [4.69, 9.17) is 16.3 Å². The molecule has 0 aliphatic rings. The van der Waals surface area contributed by atoms with E-state index in [1.807, 2.05) is 0 Å². The van der Waals surface area contributed by atoms with E-state index in [1.54, 1.807) is 40.0 Å². The number of ketones is 1. The topological polar surface area (TPSA) is 63.6 Å².